The molecule has 0 radical (unpaired) electrons. The van der Waals surface area contributed by atoms with Gasteiger partial charge in [-0.05, 0) is 22.8 Å². The number of hydrogen-bond acceptors (Lipinski definition) is 4. The van der Waals surface area contributed by atoms with Crippen LogP contribution in [0.5, 0.6) is 0 Å². The topological polar surface area (TPSA) is 121 Å². The van der Waals surface area contributed by atoms with Crippen LogP contribution in [0.3, 0.4) is 0 Å². The second kappa shape index (κ2) is 7.41. The van der Waals surface area contributed by atoms with E-state index in [0.717, 1.165) is 10.8 Å². The molecule has 128 valence electrons. The molecule has 2 aromatic rings. The molecule has 2 rings (SSSR count). The zero-order valence-electron chi connectivity index (χ0n) is 12.7. The minimum Gasteiger partial charge on any atom is -0.480 e. The Bertz CT molecular complexity index is 862. The Hall–Kier alpha value is -2.45. The first-order valence-electron chi connectivity index (χ1n) is 7.19. The van der Waals surface area contributed by atoms with Crippen LogP contribution in [0.25, 0.3) is 10.8 Å². The molecular formula is C16H17NO6S. The molecular weight excluding hydrogens is 334 g/mol. The molecule has 0 saturated heterocycles. The van der Waals surface area contributed by atoms with Gasteiger partial charge in [-0.1, -0.05) is 42.5 Å². The molecule has 8 heteroatoms. The third kappa shape index (κ3) is 5.32. The Labute approximate surface area is 139 Å². The fraction of sp³-hybridized carbons (Fsp3) is 0.250. The summed E-state index contributed by atoms with van der Waals surface area (Å²) in [6, 6.07) is 11.7. The second-order valence-electron chi connectivity index (χ2n) is 5.39. The lowest BCUT2D eigenvalue weighted by molar-refractivity contribution is -0.141. The smallest absolute Gasteiger partial charge is 0.326 e. The van der Waals surface area contributed by atoms with E-state index >= 15 is 0 Å². The molecule has 0 bridgehead atoms. The first kappa shape index (κ1) is 17.9. The molecule has 0 aliphatic carbocycles. The molecule has 7 nitrogen and oxygen atoms in total. The van der Waals surface area contributed by atoms with E-state index in [9.17, 15) is 18.0 Å². The number of hydrogen-bond donors (Lipinski definition) is 3. The summed E-state index contributed by atoms with van der Waals surface area (Å²) >= 11 is 0. The van der Waals surface area contributed by atoms with Crippen molar-refractivity contribution in [2.75, 3.05) is 5.75 Å². The molecule has 0 aliphatic heterocycles. The van der Waals surface area contributed by atoms with Crippen molar-refractivity contribution in [3.63, 3.8) is 0 Å². The number of nitrogens with one attached hydrogen (secondary N) is 1. The lowest BCUT2D eigenvalue weighted by atomic mass is 10.0. The first-order chi connectivity index (χ1) is 11.2. The highest BCUT2D eigenvalue weighted by Gasteiger charge is 2.22. The second-order valence-corrected chi connectivity index (χ2v) is 6.96. The number of carboxylic acid groups (broad SMARTS) is 1. The maximum atomic E-state index is 12.0. The van der Waals surface area contributed by atoms with E-state index in [0.29, 0.717) is 5.56 Å². The molecule has 0 aliphatic rings. The third-order valence-corrected chi connectivity index (χ3v) is 4.23. The Balaban J connectivity index is 2.02. The van der Waals surface area contributed by atoms with Crippen molar-refractivity contribution < 1.29 is 27.7 Å². The molecule has 0 aromatic heterocycles. The predicted molar refractivity (Wildman–Crippen MR) is 88.3 cm³/mol. The Kier molecular flexibility index (Phi) is 5.53. The monoisotopic (exact) mass is 351 g/mol. The highest BCUT2D eigenvalue weighted by Crippen LogP contribution is 2.16. The van der Waals surface area contributed by atoms with Gasteiger partial charge in [0.25, 0.3) is 10.1 Å². The van der Waals surface area contributed by atoms with E-state index < -0.39 is 40.2 Å². The Morgan fingerprint density at radius 2 is 1.75 bits per heavy atom. The van der Waals surface area contributed by atoms with Gasteiger partial charge in [-0.3, -0.25) is 9.35 Å². The van der Waals surface area contributed by atoms with Crippen molar-refractivity contribution in [3.05, 3.63) is 48.0 Å². The van der Waals surface area contributed by atoms with Crippen molar-refractivity contribution >= 4 is 32.8 Å². The zero-order valence-corrected chi connectivity index (χ0v) is 13.5. The summed E-state index contributed by atoms with van der Waals surface area (Å²) in [7, 11) is -4.29. The SMILES string of the molecule is O=C(Cc1ccc2ccccc2c1)N[C@@H](CCS(=O)(=O)O)C(=O)O. The average molecular weight is 351 g/mol. The van der Waals surface area contributed by atoms with Crippen LogP contribution in [0.2, 0.25) is 0 Å². The van der Waals surface area contributed by atoms with Crippen LogP contribution in [0.15, 0.2) is 42.5 Å². The summed E-state index contributed by atoms with van der Waals surface area (Å²) in [6.45, 7) is 0. The largest absolute Gasteiger partial charge is 0.480 e. The zero-order chi connectivity index (χ0) is 17.7. The van der Waals surface area contributed by atoms with Crippen LogP contribution in [-0.2, 0) is 26.1 Å². The van der Waals surface area contributed by atoms with Crippen LogP contribution in [-0.4, -0.2) is 41.7 Å². The molecule has 0 spiro atoms. The number of amides is 1. The molecule has 1 amide bonds. The van der Waals surface area contributed by atoms with Crippen LogP contribution in [0.1, 0.15) is 12.0 Å². The average Bonchev–Trinajstić information content (AvgIpc) is 2.50. The minimum absolute atomic E-state index is 0.0273. The van der Waals surface area contributed by atoms with Gasteiger partial charge in [-0.15, -0.1) is 0 Å². The van der Waals surface area contributed by atoms with Crippen LogP contribution in [0, 0.1) is 0 Å². The highest BCUT2D eigenvalue weighted by molar-refractivity contribution is 7.85. The standard InChI is InChI=1S/C16H17NO6S/c18-15(17-14(16(19)20)7-8-24(21,22)23)10-11-5-6-12-3-1-2-4-13(12)9-11/h1-6,9,14H,7-8,10H2,(H,17,18)(H,19,20)(H,21,22,23)/t14-/m0/s1. The van der Waals surface area contributed by atoms with Crippen LogP contribution in [0.4, 0.5) is 0 Å². The van der Waals surface area contributed by atoms with Gasteiger partial charge in [0, 0.05) is 0 Å². The lowest BCUT2D eigenvalue weighted by Crippen LogP contribution is -2.42. The number of fused-ring (bicyclic) bond motifs is 1. The van der Waals surface area contributed by atoms with E-state index in [1.54, 1.807) is 6.07 Å². The minimum atomic E-state index is -4.29. The molecule has 2 aromatic carbocycles. The number of carbonyl (C=O) groups is 2. The van der Waals surface area contributed by atoms with Crippen molar-refractivity contribution in [1.29, 1.82) is 0 Å². The van der Waals surface area contributed by atoms with Gasteiger partial charge in [-0.25, -0.2) is 4.79 Å². The molecule has 0 unspecified atom stereocenters. The summed E-state index contributed by atoms with van der Waals surface area (Å²) in [5.41, 5.74) is 0.713. The number of rotatable bonds is 7. The number of carbonyl (C=O) groups excluding carboxylic acids is 1. The molecule has 3 N–H and O–H groups in total. The third-order valence-electron chi connectivity index (χ3n) is 3.48. The maximum Gasteiger partial charge on any atom is 0.326 e. The van der Waals surface area contributed by atoms with Gasteiger partial charge >= 0.3 is 5.97 Å². The number of aliphatic carboxylic acids is 1. The molecule has 0 saturated carbocycles. The van der Waals surface area contributed by atoms with E-state index in [4.69, 9.17) is 9.66 Å². The fourth-order valence-corrected chi connectivity index (χ4v) is 2.84. The normalized spacial score (nSPS) is 12.7. The summed E-state index contributed by atoms with van der Waals surface area (Å²) in [4.78, 5) is 23.1. The van der Waals surface area contributed by atoms with Gasteiger partial charge in [-0.2, -0.15) is 8.42 Å². The highest BCUT2D eigenvalue weighted by atomic mass is 32.2. The fourth-order valence-electron chi connectivity index (χ4n) is 2.30. The lowest BCUT2D eigenvalue weighted by Gasteiger charge is -2.14. The summed E-state index contributed by atoms with van der Waals surface area (Å²) in [5, 5.41) is 13.3. The van der Waals surface area contributed by atoms with E-state index in [-0.39, 0.29) is 6.42 Å². The molecule has 1 atom stereocenters. The van der Waals surface area contributed by atoms with Crippen molar-refractivity contribution in [1.82, 2.24) is 5.32 Å². The van der Waals surface area contributed by atoms with E-state index in [1.165, 1.54) is 0 Å². The van der Waals surface area contributed by atoms with Gasteiger partial charge in [0.15, 0.2) is 0 Å². The van der Waals surface area contributed by atoms with Crippen LogP contribution >= 0.6 is 0 Å². The van der Waals surface area contributed by atoms with Gasteiger partial charge in [0.05, 0.1) is 12.2 Å². The van der Waals surface area contributed by atoms with Gasteiger partial charge in [0.2, 0.25) is 5.91 Å². The first-order valence-corrected chi connectivity index (χ1v) is 8.80. The van der Waals surface area contributed by atoms with Crippen molar-refractivity contribution in [3.8, 4) is 0 Å². The maximum absolute atomic E-state index is 12.0. The predicted octanol–water partition coefficient (Wildman–Crippen LogP) is 1.23. The van der Waals surface area contributed by atoms with Crippen LogP contribution < -0.4 is 5.32 Å². The Morgan fingerprint density at radius 1 is 1.08 bits per heavy atom. The number of benzene rings is 2. The van der Waals surface area contributed by atoms with Crippen molar-refractivity contribution in [2.24, 2.45) is 0 Å². The van der Waals surface area contributed by atoms with Crippen molar-refractivity contribution in [2.45, 2.75) is 18.9 Å². The summed E-state index contributed by atoms with van der Waals surface area (Å²) in [5.74, 6) is -2.63. The summed E-state index contributed by atoms with van der Waals surface area (Å²) < 4.78 is 30.1. The van der Waals surface area contributed by atoms with Gasteiger partial charge < -0.3 is 10.4 Å². The number of carboxylic acids is 1. The van der Waals surface area contributed by atoms with E-state index in [1.807, 2.05) is 36.4 Å². The molecule has 0 heterocycles. The summed E-state index contributed by atoms with van der Waals surface area (Å²) in [6.07, 6.45) is -0.432. The molecule has 24 heavy (non-hydrogen) atoms. The van der Waals surface area contributed by atoms with Gasteiger partial charge in [0.1, 0.15) is 6.04 Å². The van der Waals surface area contributed by atoms with E-state index in [2.05, 4.69) is 5.32 Å². The quantitative estimate of drug-likeness (QED) is 0.645. The Morgan fingerprint density at radius 3 is 2.38 bits per heavy atom. The molecule has 0 fully saturated rings.